The Kier molecular flexibility index (Phi) is 5.81. The van der Waals surface area contributed by atoms with E-state index >= 15 is 0 Å². The number of benzene rings is 1. The third-order valence-electron chi connectivity index (χ3n) is 4.58. The Balaban J connectivity index is 1.63. The maximum atomic E-state index is 5.24. The second-order valence-electron chi connectivity index (χ2n) is 6.47. The molecule has 0 aliphatic carbocycles. The number of ether oxygens (including phenoxy) is 1. The van der Waals surface area contributed by atoms with Crippen LogP contribution < -0.4 is 4.90 Å². The van der Waals surface area contributed by atoms with Crippen LogP contribution in [0, 0.1) is 0 Å². The van der Waals surface area contributed by atoms with Crippen molar-refractivity contribution >= 4 is 16.5 Å². The lowest BCUT2D eigenvalue weighted by Gasteiger charge is -2.44. The molecule has 1 aromatic carbocycles. The van der Waals surface area contributed by atoms with Gasteiger partial charge in [0.1, 0.15) is 5.01 Å². The average molecular weight is 347 g/mol. The fourth-order valence-electron chi connectivity index (χ4n) is 3.36. The largest absolute Gasteiger partial charge is 0.383 e. The van der Waals surface area contributed by atoms with Crippen LogP contribution in [0.3, 0.4) is 0 Å². The maximum Gasteiger partial charge on any atom is 0.208 e. The van der Waals surface area contributed by atoms with Gasteiger partial charge in [-0.25, -0.2) is 0 Å². The normalized spacial score (nSPS) is 22.0. The van der Waals surface area contributed by atoms with Crippen molar-refractivity contribution in [1.29, 1.82) is 0 Å². The minimum atomic E-state index is 0.491. The van der Waals surface area contributed by atoms with Crippen molar-refractivity contribution in [3.63, 3.8) is 0 Å². The highest BCUT2D eigenvalue weighted by Crippen LogP contribution is 2.26. The molecule has 0 spiro atoms. The van der Waals surface area contributed by atoms with E-state index in [0.29, 0.717) is 12.1 Å². The maximum absolute atomic E-state index is 5.24. The molecule has 0 bridgehead atoms. The van der Waals surface area contributed by atoms with E-state index in [1.165, 1.54) is 5.56 Å². The Morgan fingerprint density at radius 1 is 1.12 bits per heavy atom. The predicted octanol–water partition coefficient (Wildman–Crippen LogP) is 2.67. The van der Waals surface area contributed by atoms with Gasteiger partial charge in [0, 0.05) is 45.2 Å². The quantitative estimate of drug-likeness (QED) is 0.804. The molecule has 2 atom stereocenters. The zero-order chi connectivity index (χ0) is 16.9. The van der Waals surface area contributed by atoms with Crippen molar-refractivity contribution in [2.45, 2.75) is 32.4 Å². The zero-order valence-electron chi connectivity index (χ0n) is 14.7. The van der Waals surface area contributed by atoms with Gasteiger partial charge >= 0.3 is 0 Å². The Hall–Kier alpha value is -1.50. The van der Waals surface area contributed by atoms with E-state index in [1.807, 2.05) is 6.07 Å². The lowest BCUT2D eigenvalue weighted by atomic mass is 10.1. The molecular weight excluding hydrogens is 320 g/mol. The highest BCUT2D eigenvalue weighted by atomic mass is 32.1. The van der Waals surface area contributed by atoms with Gasteiger partial charge < -0.3 is 9.64 Å². The van der Waals surface area contributed by atoms with Crippen LogP contribution in [0.2, 0.25) is 0 Å². The molecule has 6 heteroatoms. The van der Waals surface area contributed by atoms with Gasteiger partial charge in [-0.2, -0.15) is 0 Å². The van der Waals surface area contributed by atoms with Gasteiger partial charge in [-0.3, -0.25) is 4.90 Å². The first-order valence-electron chi connectivity index (χ1n) is 8.53. The van der Waals surface area contributed by atoms with Crippen molar-refractivity contribution in [3.8, 4) is 0 Å². The van der Waals surface area contributed by atoms with E-state index in [1.54, 1.807) is 18.4 Å². The van der Waals surface area contributed by atoms with Crippen LogP contribution in [0.4, 0.5) is 5.13 Å². The Labute approximate surface area is 148 Å². The Morgan fingerprint density at radius 3 is 2.50 bits per heavy atom. The molecular formula is C18H26N4OS. The van der Waals surface area contributed by atoms with Crippen molar-refractivity contribution in [1.82, 2.24) is 15.1 Å². The van der Waals surface area contributed by atoms with Gasteiger partial charge in [0.05, 0.1) is 6.61 Å². The molecule has 2 unspecified atom stereocenters. The molecule has 24 heavy (non-hydrogen) atoms. The fraction of sp³-hybridized carbons (Fsp3) is 0.556. The first-order valence-corrected chi connectivity index (χ1v) is 9.35. The number of hydrogen-bond donors (Lipinski definition) is 0. The third kappa shape index (κ3) is 4.12. The second-order valence-corrected chi connectivity index (χ2v) is 7.51. The van der Waals surface area contributed by atoms with E-state index in [0.717, 1.165) is 42.8 Å². The first kappa shape index (κ1) is 17.3. The molecule has 1 aliphatic rings. The number of rotatable bonds is 6. The van der Waals surface area contributed by atoms with Gasteiger partial charge in [0.2, 0.25) is 5.13 Å². The molecule has 0 N–H and O–H groups in total. The summed E-state index contributed by atoms with van der Waals surface area (Å²) in [5.74, 6) is 0. The van der Waals surface area contributed by atoms with Crippen molar-refractivity contribution in [3.05, 3.63) is 40.9 Å². The number of piperazine rings is 1. The Morgan fingerprint density at radius 2 is 1.83 bits per heavy atom. The molecule has 1 saturated heterocycles. The molecule has 1 aliphatic heterocycles. The first-order chi connectivity index (χ1) is 11.7. The molecule has 5 nitrogen and oxygen atoms in total. The topological polar surface area (TPSA) is 41.5 Å². The van der Waals surface area contributed by atoms with Crippen LogP contribution in [0.25, 0.3) is 0 Å². The van der Waals surface area contributed by atoms with Crippen LogP contribution in [0.15, 0.2) is 30.3 Å². The molecule has 2 aromatic rings. The third-order valence-corrected chi connectivity index (χ3v) is 5.56. The predicted molar refractivity (Wildman–Crippen MR) is 98.9 cm³/mol. The van der Waals surface area contributed by atoms with Crippen molar-refractivity contribution < 1.29 is 4.74 Å². The van der Waals surface area contributed by atoms with E-state index < -0.39 is 0 Å². The van der Waals surface area contributed by atoms with E-state index in [9.17, 15) is 0 Å². The minimum absolute atomic E-state index is 0.491. The zero-order valence-corrected chi connectivity index (χ0v) is 15.5. The van der Waals surface area contributed by atoms with Crippen LogP contribution >= 0.6 is 11.3 Å². The highest BCUT2D eigenvalue weighted by Gasteiger charge is 2.30. The second kappa shape index (κ2) is 8.05. The molecule has 2 heterocycles. The van der Waals surface area contributed by atoms with E-state index in [2.05, 4.69) is 58.1 Å². The summed E-state index contributed by atoms with van der Waals surface area (Å²) in [5, 5.41) is 11.0. The smallest absolute Gasteiger partial charge is 0.208 e. The average Bonchev–Trinajstić information content (AvgIpc) is 3.03. The van der Waals surface area contributed by atoms with Crippen LogP contribution in [0.1, 0.15) is 24.4 Å². The molecule has 1 aromatic heterocycles. The number of anilines is 1. The summed E-state index contributed by atoms with van der Waals surface area (Å²) in [6.07, 6.45) is 0.859. The van der Waals surface area contributed by atoms with Crippen molar-refractivity contribution in [2.24, 2.45) is 0 Å². The SMILES string of the molecule is COCCN1C(C)CN(c2nnc(Cc3ccccc3)s2)CC1C. The molecule has 3 rings (SSSR count). The Bertz CT molecular complexity index is 621. The number of aromatic nitrogens is 2. The summed E-state index contributed by atoms with van der Waals surface area (Å²) < 4.78 is 5.24. The monoisotopic (exact) mass is 346 g/mol. The van der Waals surface area contributed by atoms with Crippen LogP contribution in [-0.2, 0) is 11.2 Å². The minimum Gasteiger partial charge on any atom is -0.383 e. The number of methoxy groups -OCH3 is 1. The van der Waals surface area contributed by atoms with Gasteiger partial charge in [0.25, 0.3) is 0 Å². The highest BCUT2D eigenvalue weighted by molar-refractivity contribution is 7.15. The van der Waals surface area contributed by atoms with Crippen LogP contribution in [0.5, 0.6) is 0 Å². The van der Waals surface area contributed by atoms with Gasteiger partial charge in [-0.15, -0.1) is 10.2 Å². The number of nitrogens with zero attached hydrogens (tertiary/aromatic N) is 4. The molecule has 0 amide bonds. The van der Waals surface area contributed by atoms with Crippen LogP contribution in [-0.4, -0.2) is 60.5 Å². The number of hydrogen-bond acceptors (Lipinski definition) is 6. The lowest BCUT2D eigenvalue weighted by Crippen LogP contribution is -2.57. The van der Waals surface area contributed by atoms with Gasteiger partial charge in [0.15, 0.2) is 0 Å². The molecule has 1 fully saturated rings. The summed E-state index contributed by atoms with van der Waals surface area (Å²) in [5.41, 5.74) is 1.28. The van der Waals surface area contributed by atoms with E-state index in [4.69, 9.17) is 4.74 Å². The summed E-state index contributed by atoms with van der Waals surface area (Å²) >= 11 is 1.72. The fourth-order valence-corrected chi connectivity index (χ4v) is 4.26. The summed E-state index contributed by atoms with van der Waals surface area (Å²) in [6, 6.07) is 11.4. The van der Waals surface area contributed by atoms with Crippen molar-refractivity contribution in [2.75, 3.05) is 38.3 Å². The summed E-state index contributed by atoms with van der Waals surface area (Å²) in [4.78, 5) is 4.90. The molecule has 130 valence electrons. The lowest BCUT2D eigenvalue weighted by molar-refractivity contribution is 0.0846. The summed E-state index contributed by atoms with van der Waals surface area (Å²) in [7, 11) is 1.76. The molecule has 0 saturated carbocycles. The molecule has 0 radical (unpaired) electrons. The standard InChI is InChI=1S/C18H26N4OS/c1-14-12-21(13-15(2)22(14)9-10-23-3)18-20-19-17(24-18)11-16-7-5-4-6-8-16/h4-8,14-15H,9-13H2,1-3H3. The van der Waals surface area contributed by atoms with Gasteiger partial charge in [-0.05, 0) is 19.4 Å². The summed E-state index contributed by atoms with van der Waals surface area (Å²) in [6.45, 7) is 8.33. The van der Waals surface area contributed by atoms with Gasteiger partial charge in [-0.1, -0.05) is 41.7 Å². The van der Waals surface area contributed by atoms with E-state index in [-0.39, 0.29) is 0 Å².